The number of furan rings is 1. The van der Waals surface area contributed by atoms with Gasteiger partial charge < -0.3 is 14.1 Å². The quantitative estimate of drug-likeness (QED) is 0.701. The molecule has 1 amide bonds. The number of nitrogens with zero attached hydrogens (tertiary/aromatic N) is 2. The van der Waals surface area contributed by atoms with Gasteiger partial charge in [0.05, 0.1) is 7.11 Å². The first-order chi connectivity index (χ1) is 12.7. The van der Waals surface area contributed by atoms with Crippen molar-refractivity contribution in [1.82, 2.24) is 9.80 Å². The summed E-state index contributed by atoms with van der Waals surface area (Å²) in [6, 6.07) is 7.79. The molecule has 1 aromatic carbocycles. The number of hydrogen-bond acceptors (Lipinski definition) is 5. The number of amides is 1. The number of ether oxygens (including phenoxy) is 1. The van der Waals surface area contributed by atoms with Crippen LogP contribution in [0.2, 0.25) is 0 Å². The Morgan fingerprint density at radius 2 is 2.04 bits per heavy atom. The van der Waals surface area contributed by atoms with Crippen LogP contribution in [0.1, 0.15) is 21.7 Å². The lowest BCUT2D eigenvalue weighted by atomic mass is 10.1. The minimum Gasteiger partial charge on any atom is -0.497 e. The first kappa shape index (κ1) is 17.1. The predicted octanol–water partition coefficient (Wildman–Crippen LogP) is 3.77. The molecule has 0 unspecified atom stereocenters. The summed E-state index contributed by atoms with van der Waals surface area (Å²) in [6.07, 6.45) is 0. The second-order valence-electron chi connectivity index (χ2n) is 6.62. The number of fused-ring (bicyclic) bond motifs is 1. The summed E-state index contributed by atoms with van der Waals surface area (Å²) >= 11 is 1.72. The number of methoxy groups -OCH3 is 1. The van der Waals surface area contributed by atoms with Crippen LogP contribution in [0, 0.1) is 6.92 Å². The van der Waals surface area contributed by atoms with Crippen molar-refractivity contribution in [1.29, 1.82) is 0 Å². The summed E-state index contributed by atoms with van der Waals surface area (Å²) < 4.78 is 11.1. The molecule has 1 fully saturated rings. The van der Waals surface area contributed by atoms with Gasteiger partial charge in [0.1, 0.15) is 11.3 Å². The van der Waals surface area contributed by atoms with E-state index in [9.17, 15) is 4.79 Å². The van der Waals surface area contributed by atoms with E-state index in [4.69, 9.17) is 9.15 Å². The highest BCUT2D eigenvalue weighted by Crippen LogP contribution is 2.29. The normalized spacial score (nSPS) is 15.5. The highest BCUT2D eigenvalue weighted by Gasteiger charge is 2.26. The average Bonchev–Trinajstić information content (AvgIpc) is 3.29. The molecule has 1 aliphatic rings. The maximum Gasteiger partial charge on any atom is 0.289 e. The number of thiophene rings is 1. The van der Waals surface area contributed by atoms with Crippen LogP contribution >= 0.6 is 11.3 Å². The Bertz CT molecular complexity index is 909. The van der Waals surface area contributed by atoms with E-state index >= 15 is 0 Å². The Morgan fingerprint density at radius 3 is 2.73 bits per heavy atom. The van der Waals surface area contributed by atoms with Crippen molar-refractivity contribution in [2.45, 2.75) is 13.5 Å². The van der Waals surface area contributed by atoms with E-state index in [2.05, 4.69) is 21.7 Å². The van der Waals surface area contributed by atoms with E-state index < -0.39 is 0 Å². The van der Waals surface area contributed by atoms with Crippen molar-refractivity contribution >= 4 is 28.2 Å². The van der Waals surface area contributed by atoms with Crippen LogP contribution in [0.3, 0.4) is 0 Å². The SMILES string of the molecule is COc1ccc2oc(C(=O)N3CCN(Cc4ccsc4)CC3)c(C)c2c1. The molecular formula is C20H22N2O3S. The lowest BCUT2D eigenvalue weighted by Gasteiger charge is -2.34. The molecule has 136 valence electrons. The fourth-order valence-corrected chi connectivity index (χ4v) is 4.08. The molecular weight excluding hydrogens is 348 g/mol. The summed E-state index contributed by atoms with van der Waals surface area (Å²) in [5, 5.41) is 5.22. The molecule has 1 saturated heterocycles. The third-order valence-corrected chi connectivity index (χ3v) is 5.72. The molecule has 6 heteroatoms. The lowest BCUT2D eigenvalue weighted by molar-refractivity contribution is 0.0599. The van der Waals surface area contributed by atoms with E-state index in [0.29, 0.717) is 5.76 Å². The van der Waals surface area contributed by atoms with Gasteiger partial charge in [-0.25, -0.2) is 0 Å². The zero-order chi connectivity index (χ0) is 18.1. The van der Waals surface area contributed by atoms with Crippen molar-refractivity contribution in [2.24, 2.45) is 0 Å². The van der Waals surface area contributed by atoms with E-state index in [-0.39, 0.29) is 5.91 Å². The number of benzene rings is 1. The Morgan fingerprint density at radius 1 is 1.23 bits per heavy atom. The second kappa shape index (κ2) is 7.13. The first-order valence-corrected chi connectivity index (χ1v) is 9.70. The van der Waals surface area contributed by atoms with Crippen molar-refractivity contribution in [3.05, 3.63) is 51.9 Å². The molecule has 1 aliphatic heterocycles. The van der Waals surface area contributed by atoms with Crippen molar-refractivity contribution in [3.8, 4) is 5.75 Å². The van der Waals surface area contributed by atoms with E-state index in [0.717, 1.165) is 55.0 Å². The zero-order valence-corrected chi connectivity index (χ0v) is 15.8. The summed E-state index contributed by atoms with van der Waals surface area (Å²) in [4.78, 5) is 17.2. The van der Waals surface area contributed by atoms with Crippen LogP contribution in [-0.2, 0) is 6.54 Å². The Balaban J connectivity index is 1.46. The fraction of sp³-hybridized carbons (Fsp3) is 0.350. The van der Waals surface area contributed by atoms with Gasteiger partial charge in [-0.05, 0) is 47.5 Å². The highest BCUT2D eigenvalue weighted by atomic mass is 32.1. The second-order valence-corrected chi connectivity index (χ2v) is 7.40. The van der Waals surface area contributed by atoms with Gasteiger partial charge >= 0.3 is 0 Å². The van der Waals surface area contributed by atoms with Crippen LogP contribution in [-0.4, -0.2) is 49.0 Å². The summed E-state index contributed by atoms with van der Waals surface area (Å²) in [7, 11) is 1.64. The van der Waals surface area contributed by atoms with Crippen LogP contribution < -0.4 is 4.74 Å². The van der Waals surface area contributed by atoms with Gasteiger partial charge in [-0.15, -0.1) is 0 Å². The van der Waals surface area contributed by atoms with Crippen molar-refractivity contribution < 1.29 is 13.9 Å². The van der Waals surface area contributed by atoms with Crippen molar-refractivity contribution in [2.75, 3.05) is 33.3 Å². The number of carbonyl (C=O) groups is 1. The third-order valence-electron chi connectivity index (χ3n) is 4.98. The molecule has 0 saturated carbocycles. The smallest absolute Gasteiger partial charge is 0.289 e. The highest BCUT2D eigenvalue weighted by molar-refractivity contribution is 7.07. The average molecular weight is 370 g/mol. The molecule has 0 aliphatic carbocycles. The number of rotatable bonds is 4. The molecule has 26 heavy (non-hydrogen) atoms. The third kappa shape index (κ3) is 3.22. The molecule has 0 N–H and O–H groups in total. The molecule has 4 rings (SSSR count). The fourth-order valence-electron chi connectivity index (χ4n) is 3.42. The molecule has 3 heterocycles. The van der Waals surface area contributed by atoms with E-state index in [1.54, 1.807) is 18.4 Å². The van der Waals surface area contributed by atoms with E-state index in [1.165, 1.54) is 5.56 Å². The topological polar surface area (TPSA) is 45.9 Å². The van der Waals surface area contributed by atoms with Gasteiger partial charge in [-0.2, -0.15) is 11.3 Å². The minimum atomic E-state index is -0.0205. The lowest BCUT2D eigenvalue weighted by Crippen LogP contribution is -2.48. The van der Waals surface area contributed by atoms with Crippen LogP contribution in [0.15, 0.2) is 39.4 Å². The largest absolute Gasteiger partial charge is 0.497 e. The Labute approximate surface area is 156 Å². The minimum absolute atomic E-state index is 0.0205. The first-order valence-electron chi connectivity index (χ1n) is 8.75. The Kier molecular flexibility index (Phi) is 4.70. The maximum atomic E-state index is 13.0. The molecule has 2 aromatic heterocycles. The van der Waals surface area contributed by atoms with Gasteiger partial charge in [0, 0.05) is 43.7 Å². The summed E-state index contributed by atoms with van der Waals surface area (Å²) in [5.74, 6) is 1.19. The van der Waals surface area contributed by atoms with Crippen LogP contribution in [0.4, 0.5) is 0 Å². The molecule has 5 nitrogen and oxygen atoms in total. The van der Waals surface area contributed by atoms with Crippen molar-refractivity contribution in [3.63, 3.8) is 0 Å². The molecule has 3 aromatic rings. The molecule has 0 radical (unpaired) electrons. The Hall–Kier alpha value is -2.31. The molecule has 0 bridgehead atoms. The number of piperazine rings is 1. The number of carbonyl (C=O) groups excluding carboxylic acids is 1. The standard InChI is InChI=1S/C20H22N2O3S/c1-14-17-11-16(24-2)3-4-18(17)25-19(14)20(23)22-8-6-21(7-9-22)12-15-5-10-26-13-15/h3-5,10-11,13H,6-9,12H2,1-2H3. The summed E-state index contributed by atoms with van der Waals surface area (Å²) in [5.41, 5.74) is 2.95. The van der Waals surface area contributed by atoms with Gasteiger partial charge in [-0.3, -0.25) is 9.69 Å². The van der Waals surface area contributed by atoms with E-state index in [1.807, 2.05) is 30.0 Å². The van der Waals surface area contributed by atoms with Gasteiger partial charge in [-0.1, -0.05) is 0 Å². The van der Waals surface area contributed by atoms with Gasteiger partial charge in [0.2, 0.25) is 0 Å². The molecule has 0 spiro atoms. The monoisotopic (exact) mass is 370 g/mol. The summed E-state index contributed by atoms with van der Waals surface area (Å²) in [6.45, 7) is 6.11. The van der Waals surface area contributed by atoms with Crippen LogP contribution in [0.5, 0.6) is 5.75 Å². The van der Waals surface area contributed by atoms with Crippen LogP contribution in [0.25, 0.3) is 11.0 Å². The predicted molar refractivity (Wildman–Crippen MR) is 103 cm³/mol. The maximum absolute atomic E-state index is 13.0. The van der Waals surface area contributed by atoms with Gasteiger partial charge in [0.25, 0.3) is 5.91 Å². The number of hydrogen-bond donors (Lipinski definition) is 0. The zero-order valence-electron chi connectivity index (χ0n) is 15.0. The number of aryl methyl sites for hydroxylation is 1. The molecule has 0 atom stereocenters. The van der Waals surface area contributed by atoms with Gasteiger partial charge in [0.15, 0.2) is 5.76 Å².